The predicted molar refractivity (Wildman–Crippen MR) is 76.0 cm³/mol. The van der Waals surface area contributed by atoms with Gasteiger partial charge in [0.1, 0.15) is 18.2 Å². The Morgan fingerprint density at radius 3 is 2.75 bits per heavy atom. The highest BCUT2D eigenvalue weighted by atomic mass is 19.1. The van der Waals surface area contributed by atoms with Crippen LogP contribution in [-0.2, 0) is 13.2 Å². The Morgan fingerprint density at radius 1 is 1.40 bits per heavy atom. The van der Waals surface area contributed by atoms with Crippen LogP contribution in [0.4, 0.5) is 4.39 Å². The maximum Gasteiger partial charge on any atom is 0.131 e. The van der Waals surface area contributed by atoms with E-state index in [1.807, 2.05) is 24.6 Å². The van der Waals surface area contributed by atoms with Gasteiger partial charge in [0.05, 0.1) is 11.4 Å². The predicted octanol–water partition coefficient (Wildman–Crippen LogP) is 2.95. The highest BCUT2D eigenvalue weighted by Crippen LogP contribution is 2.21. The zero-order valence-corrected chi connectivity index (χ0v) is 12.1. The summed E-state index contributed by atoms with van der Waals surface area (Å²) >= 11 is 0. The van der Waals surface area contributed by atoms with Gasteiger partial charge in [-0.2, -0.15) is 5.10 Å². The maximum absolute atomic E-state index is 13.8. The van der Waals surface area contributed by atoms with Gasteiger partial charge in [0.15, 0.2) is 0 Å². The van der Waals surface area contributed by atoms with Crippen molar-refractivity contribution < 1.29 is 9.13 Å². The van der Waals surface area contributed by atoms with Crippen LogP contribution in [0.1, 0.15) is 36.8 Å². The second kappa shape index (κ2) is 6.05. The first-order chi connectivity index (χ1) is 9.51. The van der Waals surface area contributed by atoms with Gasteiger partial charge < -0.3 is 10.5 Å². The van der Waals surface area contributed by atoms with Crippen molar-refractivity contribution in [3.05, 3.63) is 47.0 Å². The van der Waals surface area contributed by atoms with Crippen molar-refractivity contribution in [1.29, 1.82) is 0 Å². The number of hydrogen-bond acceptors (Lipinski definition) is 3. The lowest BCUT2D eigenvalue weighted by atomic mass is 10.1. The lowest BCUT2D eigenvalue weighted by Gasteiger charge is -2.11. The molecule has 1 aromatic carbocycles. The molecule has 2 N–H and O–H groups in total. The Labute approximate surface area is 118 Å². The van der Waals surface area contributed by atoms with Crippen LogP contribution in [0.25, 0.3) is 0 Å². The Hall–Kier alpha value is -1.88. The molecule has 0 aliphatic rings. The molecule has 1 atom stereocenters. The summed E-state index contributed by atoms with van der Waals surface area (Å²) in [6.45, 7) is 6.86. The lowest BCUT2D eigenvalue weighted by Crippen LogP contribution is -2.08. The van der Waals surface area contributed by atoms with Crippen molar-refractivity contribution in [2.45, 2.75) is 40.0 Å². The molecule has 20 heavy (non-hydrogen) atoms. The third-order valence-electron chi connectivity index (χ3n) is 3.13. The monoisotopic (exact) mass is 277 g/mol. The molecule has 2 rings (SSSR count). The van der Waals surface area contributed by atoms with Crippen molar-refractivity contribution in [2.75, 3.05) is 0 Å². The van der Waals surface area contributed by atoms with Crippen LogP contribution in [-0.4, -0.2) is 9.78 Å². The van der Waals surface area contributed by atoms with E-state index in [2.05, 4.69) is 5.10 Å². The summed E-state index contributed by atoms with van der Waals surface area (Å²) in [4.78, 5) is 0. The zero-order chi connectivity index (χ0) is 14.7. The molecular weight excluding hydrogens is 257 g/mol. The third kappa shape index (κ3) is 3.17. The molecule has 0 fully saturated rings. The van der Waals surface area contributed by atoms with E-state index in [0.717, 1.165) is 17.9 Å². The summed E-state index contributed by atoms with van der Waals surface area (Å²) in [6.07, 6.45) is 0. The molecule has 0 bridgehead atoms. The molecule has 0 saturated heterocycles. The fourth-order valence-corrected chi connectivity index (χ4v) is 2.11. The number of nitrogens with zero attached hydrogens (tertiary/aromatic N) is 2. The van der Waals surface area contributed by atoms with Crippen molar-refractivity contribution >= 4 is 0 Å². The molecule has 5 heteroatoms. The van der Waals surface area contributed by atoms with Gasteiger partial charge in [0.25, 0.3) is 0 Å². The molecule has 1 aromatic heterocycles. The van der Waals surface area contributed by atoms with E-state index in [9.17, 15) is 4.39 Å². The fourth-order valence-electron chi connectivity index (χ4n) is 2.11. The van der Waals surface area contributed by atoms with E-state index in [-0.39, 0.29) is 11.9 Å². The molecule has 2 aromatic rings. The number of ether oxygens (including phenoxy) is 1. The molecule has 0 aliphatic carbocycles. The van der Waals surface area contributed by atoms with Crippen molar-refractivity contribution in [2.24, 2.45) is 5.73 Å². The van der Waals surface area contributed by atoms with Crippen LogP contribution in [0, 0.1) is 12.7 Å². The first-order valence-electron chi connectivity index (χ1n) is 6.72. The number of halogens is 1. The van der Waals surface area contributed by atoms with Gasteiger partial charge in [-0.1, -0.05) is 6.07 Å². The molecule has 0 amide bonds. The summed E-state index contributed by atoms with van der Waals surface area (Å²) in [5, 5.41) is 4.34. The van der Waals surface area contributed by atoms with E-state index < -0.39 is 0 Å². The normalized spacial score (nSPS) is 12.4. The highest BCUT2D eigenvalue weighted by Gasteiger charge is 2.09. The molecule has 0 unspecified atom stereocenters. The standard InChI is InChI=1S/C15H20FN3O/c1-4-19-12(7-10(2)18-19)9-20-13-5-6-14(11(3)17)15(16)8-13/h5-8,11H,4,9,17H2,1-3H3/t11-/m1/s1. The SMILES string of the molecule is CCn1nc(C)cc1COc1ccc([C@@H](C)N)c(F)c1. The van der Waals surface area contributed by atoms with Gasteiger partial charge in [-0.15, -0.1) is 0 Å². The number of aromatic nitrogens is 2. The van der Waals surface area contributed by atoms with Crippen LogP contribution < -0.4 is 10.5 Å². The smallest absolute Gasteiger partial charge is 0.131 e. The van der Waals surface area contributed by atoms with Gasteiger partial charge in [-0.3, -0.25) is 4.68 Å². The van der Waals surface area contributed by atoms with Gasteiger partial charge in [-0.05, 0) is 32.9 Å². The fraction of sp³-hybridized carbons (Fsp3) is 0.400. The first-order valence-corrected chi connectivity index (χ1v) is 6.72. The largest absolute Gasteiger partial charge is 0.487 e. The first kappa shape index (κ1) is 14.5. The average Bonchev–Trinajstić information content (AvgIpc) is 2.76. The quantitative estimate of drug-likeness (QED) is 0.914. The van der Waals surface area contributed by atoms with Gasteiger partial charge in [0, 0.05) is 24.2 Å². The molecular formula is C15H20FN3O. The minimum absolute atomic E-state index is 0.326. The lowest BCUT2D eigenvalue weighted by molar-refractivity contribution is 0.291. The molecule has 0 saturated carbocycles. The van der Waals surface area contributed by atoms with E-state index >= 15 is 0 Å². The van der Waals surface area contributed by atoms with Crippen LogP contribution in [0.15, 0.2) is 24.3 Å². The highest BCUT2D eigenvalue weighted by molar-refractivity contribution is 5.30. The van der Waals surface area contributed by atoms with Crippen LogP contribution in [0.5, 0.6) is 5.75 Å². The molecule has 0 aliphatic heterocycles. The molecule has 1 heterocycles. The Balaban J connectivity index is 2.09. The summed E-state index contributed by atoms with van der Waals surface area (Å²) in [6, 6.07) is 6.42. The zero-order valence-electron chi connectivity index (χ0n) is 12.1. The Morgan fingerprint density at radius 2 is 2.15 bits per heavy atom. The van der Waals surface area contributed by atoms with Crippen molar-refractivity contribution in [3.63, 3.8) is 0 Å². The second-order valence-electron chi connectivity index (χ2n) is 4.85. The van der Waals surface area contributed by atoms with E-state index in [1.165, 1.54) is 6.07 Å². The number of nitrogens with two attached hydrogens (primary N) is 1. The van der Waals surface area contributed by atoms with E-state index in [4.69, 9.17) is 10.5 Å². The number of aryl methyl sites for hydroxylation is 2. The van der Waals surface area contributed by atoms with Gasteiger partial charge in [-0.25, -0.2) is 4.39 Å². The Kier molecular flexibility index (Phi) is 4.39. The number of benzene rings is 1. The minimum Gasteiger partial charge on any atom is -0.487 e. The molecule has 4 nitrogen and oxygen atoms in total. The Bertz CT molecular complexity index is 593. The van der Waals surface area contributed by atoms with Crippen LogP contribution in [0.2, 0.25) is 0 Å². The van der Waals surface area contributed by atoms with E-state index in [0.29, 0.717) is 17.9 Å². The van der Waals surface area contributed by atoms with Crippen LogP contribution >= 0.6 is 0 Å². The average molecular weight is 277 g/mol. The van der Waals surface area contributed by atoms with Crippen LogP contribution in [0.3, 0.4) is 0 Å². The summed E-state index contributed by atoms with van der Waals surface area (Å²) in [5.41, 5.74) is 8.09. The maximum atomic E-state index is 13.8. The molecule has 0 spiro atoms. The van der Waals surface area contributed by atoms with Gasteiger partial charge in [0.2, 0.25) is 0 Å². The minimum atomic E-state index is -0.335. The number of rotatable bonds is 5. The third-order valence-corrected chi connectivity index (χ3v) is 3.13. The summed E-state index contributed by atoms with van der Waals surface area (Å²) in [7, 11) is 0. The summed E-state index contributed by atoms with van der Waals surface area (Å²) in [5.74, 6) is 0.158. The van der Waals surface area contributed by atoms with E-state index in [1.54, 1.807) is 19.1 Å². The van der Waals surface area contributed by atoms with Gasteiger partial charge >= 0.3 is 0 Å². The second-order valence-corrected chi connectivity index (χ2v) is 4.85. The number of hydrogen-bond donors (Lipinski definition) is 1. The topological polar surface area (TPSA) is 53.1 Å². The molecule has 0 radical (unpaired) electrons. The van der Waals surface area contributed by atoms with Crippen molar-refractivity contribution in [1.82, 2.24) is 9.78 Å². The summed E-state index contributed by atoms with van der Waals surface area (Å²) < 4.78 is 21.3. The molecule has 108 valence electrons. The van der Waals surface area contributed by atoms with Crippen molar-refractivity contribution in [3.8, 4) is 5.75 Å².